The van der Waals surface area contributed by atoms with Crippen molar-refractivity contribution in [2.45, 2.75) is 52.1 Å². The summed E-state index contributed by atoms with van der Waals surface area (Å²) in [5.74, 6) is -1.00. The minimum absolute atomic E-state index is 0.148. The topological polar surface area (TPSA) is 87.7 Å². The molecule has 6 nitrogen and oxygen atoms in total. The summed E-state index contributed by atoms with van der Waals surface area (Å²) in [6, 6.07) is -1.44. The highest BCUT2D eigenvalue weighted by Crippen LogP contribution is 2.00. The van der Waals surface area contributed by atoms with Crippen molar-refractivity contribution in [3.8, 4) is 0 Å². The third kappa shape index (κ3) is 7.89. The predicted molar refractivity (Wildman–Crippen MR) is 68.6 cm³/mol. The summed E-state index contributed by atoms with van der Waals surface area (Å²) in [5, 5.41) is 14.0. The van der Waals surface area contributed by atoms with Crippen LogP contribution in [0.4, 0.5) is 4.79 Å². The molecule has 0 aliphatic rings. The Morgan fingerprint density at radius 3 is 2.44 bits per heavy atom. The number of ether oxygens (including phenoxy) is 1. The van der Waals surface area contributed by atoms with E-state index in [-0.39, 0.29) is 6.04 Å². The molecule has 0 bridgehead atoms. The molecule has 0 radical (unpaired) electrons. The molecule has 3 N–H and O–H groups in total. The molecule has 6 heteroatoms. The molecule has 0 saturated carbocycles. The number of nitrogens with one attached hydrogen (secondary N) is 2. The number of carbonyl (C=O) groups is 2. The van der Waals surface area contributed by atoms with E-state index in [2.05, 4.69) is 10.6 Å². The molecule has 0 heterocycles. The highest BCUT2D eigenvalue weighted by atomic mass is 16.5. The highest BCUT2D eigenvalue weighted by Gasteiger charge is 2.19. The van der Waals surface area contributed by atoms with E-state index < -0.39 is 18.0 Å². The summed E-state index contributed by atoms with van der Waals surface area (Å²) >= 11 is 0. The molecule has 0 fully saturated rings. The fourth-order valence-corrected chi connectivity index (χ4v) is 1.43. The van der Waals surface area contributed by atoms with Gasteiger partial charge in [0.25, 0.3) is 0 Å². The third-order valence-electron chi connectivity index (χ3n) is 2.40. The maximum absolute atomic E-state index is 11.6. The first kappa shape index (κ1) is 16.7. The van der Waals surface area contributed by atoms with Crippen LogP contribution < -0.4 is 10.6 Å². The monoisotopic (exact) mass is 260 g/mol. The van der Waals surface area contributed by atoms with Gasteiger partial charge in [-0.05, 0) is 20.3 Å². The van der Waals surface area contributed by atoms with E-state index in [1.165, 1.54) is 0 Å². The number of unbranched alkanes of at least 4 members (excludes halogenated alkanes) is 1. The Labute approximate surface area is 108 Å². The van der Waals surface area contributed by atoms with Crippen LogP contribution in [0.15, 0.2) is 0 Å². The zero-order chi connectivity index (χ0) is 14.0. The molecule has 0 aliphatic carbocycles. The normalized spacial score (nSPS) is 13.7. The van der Waals surface area contributed by atoms with Crippen LogP contribution in [0.5, 0.6) is 0 Å². The molecule has 0 aromatic heterocycles. The van der Waals surface area contributed by atoms with Gasteiger partial charge in [-0.1, -0.05) is 19.8 Å². The average Bonchev–Trinajstić information content (AvgIpc) is 2.31. The van der Waals surface area contributed by atoms with E-state index >= 15 is 0 Å². The van der Waals surface area contributed by atoms with Crippen molar-refractivity contribution in [3.05, 3.63) is 0 Å². The van der Waals surface area contributed by atoms with Gasteiger partial charge in [0.05, 0.1) is 12.6 Å². The second kappa shape index (κ2) is 9.70. The quantitative estimate of drug-likeness (QED) is 0.584. The molecule has 0 aliphatic heterocycles. The molecule has 0 aromatic rings. The number of amides is 2. The maximum atomic E-state index is 11.6. The van der Waals surface area contributed by atoms with E-state index in [9.17, 15) is 9.59 Å². The Balaban J connectivity index is 4.04. The van der Waals surface area contributed by atoms with Gasteiger partial charge in [-0.25, -0.2) is 9.59 Å². The van der Waals surface area contributed by atoms with Crippen molar-refractivity contribution >= 4 is 12.0 Å². The van der Waals surface area contributed by atoms with Crippen LogP contribution in [0.1, 0.15) is 40.0 Å². The molecule has 2 unspecified atom stereocenters. The van der Waals surface area contributed by atoms with Gasteiger partial charge in [0.15, 0.2) is 0 Å². The highest BCUT2D eigenvalue weighted by molar-refractivity contribution is 5.82. The Bertz CT molecular complexity index is 258. The smallest absolute Gasteiger partial charge is 0.326 e. The summed E-state index contributed by atoms with van der Waals surface area (Å²) in [6.07, 6.45) is 2.11. The molecule has 106 valence electrons. The number of carbonyl (C=O) groups excluding carboxylic acids is 1. The van der Waals surface area contributed by atoms with Crippen LogP contribution in [0, 0.1) is 0 Å². The SMILES string of the molecule is CCCCC(NC(=O)NC(C)COCC)C(=O)O. The second-order valence-electron chi connectivity index (χ2n) is 4.21. The Morgan fingerprint density at radius 1 is 1.28 bits per heavy atom. The van der Waals surface area contributed by atoms with Crippen LogP contribution in [0.3, 0.4) is 0 Å². The van der Waals surface area contributed by atoms with E-state index in [0.717, 1.165) is 12.8 Å². The molecule has 0 rings (SSSR count). The molecule has 2 atom stereocenters. The number of hydrogen-bond donors (Lipinski definition) is 3. The van der Waals surface area contributed by atoms with Crippen LogP contribution in [0.25, 0.3) is 0 Å². The lowest BCUT2D eigenvalue weighted by atomic mass is 10.1. The van der Waals surface area contributed by atoms with E-state index in [1.807, 2.05) is 13.8 Å². The van der Waals surface area contributed by atoms with Crippen molar-refractivity contribution in [1.82, 2.24) is 10.6 Å². The summed E-state index contributed by atoms with van der Waals surface area (Å²) in [7, 11) is 0. The Morgan fingerprint density at radius 2 is 1.94 bits per heavy atom. The van der Waals surface area contributed by atoms with E-state index in [0.29, 0.717) is 19.6 Å². The van der Waals surface area contributed by atoms with Crippen molar-refractivity contribution in [2.24, 2.45) is 0 Å². The predicted octanol–water partition coefficient (Wildman–Crippen LogP) is 1.35. The van der Waals surface area contributed by atoms with Crippen LogP contribution in [-0.2, 0) is 9.53 Å². The number of carboxylic acids is 1. The largest absolute Gasteiger partial charge is 0.480 e. The summed E-state index contributed by atoms with van der Waals surface area (Å²) < 4.78 is 5.15. The van der Waals surface area contributed by atoms with Gasteiger partial charge >= 0.3 is 12.0 Å². The van der Waals surface area contributed by atoms with Crippen molar-refractivity contribution in [3.63, 3.8) is 0 Å². The minimum atomic E-state index is -1.00. The molecular formula is C12H24N2O4. The average molecular weight is 260 g/mol. The maximum Gasteiger partial charge on any atom is 0.326 e. The second-order valence-corrected chi connectivity index (χ2v) is 4.21. The zero-order valence-corrected chi connectivity index (χ0v) is 11.4. The standard InChI is InChI=1S/C12H24N2O4/c1-4-6-7-10(11(15)16)14-12(17)13-9(3)8-18-5-2/h9-10H,4-8H2,1-3H3,(H,15,16)(H2,13,14,17). The number of aliphatic carboxylic acids is 1. The number of carboxylic acid groups (broad SMARTS) is 1. The minimum Gasteiger partial charge on any atom is -0.480 e. The Kier molecular flexibility index (Phi) is 9.00. The van der Waals surface area contributed by atoms with E-state index in [1.54, 1.807) is 6.92 Å². The molecule has 0 saturated heterocycles. The van der Waals surface area contributed by atoms with Crippen molar-refractivity contribution in [2.75, 3.05) is 13.2 Å². The lowest BCUT2D eigenvalue weighted by molar-refractivity contribution is -0.139. The molecule has 18 heavy (non-hydrogen) atoms. The lowest BCUT2D eigenvalue weighted by Crippen LogP contribution is -2.49. The number of urea groups is 1. The van der Waals surface area contributed by atoms with Crippen molar-refractivity contribution in [1.29, 1.82) is 0 Å². The van der Waals surface area contributed by atoms with Gasteiger partial charge in [-0.3, -0.25) is 0 Å². The van der Waals surface area contributed by atoms with Gasteiger partial charge < -0.3 is 20.5 Å². The summed E-state index contributed by atoms with van der Waals surface area (Å²) in [5.41, 5.74) is 0. The zero-order valence-electron chi connectivity index (χ0n) is 11.4. The fourth-order valence-electron chi connectivity index (χ4n) is 1.43. The summed E-state index contributed by atoms with van der Waals surface area (Å²) in [6.45, 7) is 6.65. The van der Waals surface area contributed by atoms with Gasteiger partial charge in [0.2, 0.25) is 0 Å². The molecule has 0 aromatic carbocycles. The van der Waals surface area contributed by atoms with Crippen LogP contribution >= 0.6 is 0 Å². The van der Waals surface area contributed by atoms with Gasteiger partial charge in [-0.2, -0.15) is 0 Å². The lowest BCUT2D eigenvalue weighted by Gasteiger charge is -2.18. The van der Waals surface area contributed by atoms with Crippen molar-refractivity contribution < 1.29 is 19.4 Å². The third-order valence-corrected chi connectivity index (χ3v) is 2.40. The van der Waals surface area contributed by atoms with Crippen LogP contribution in [0.2, 0.25) is 0 Å². The van der Waals surface area contributed by atoms with Gasteiger partial charge in [-0.15, -0.1) is 0 Å². The van der Waals surface area contributed by atoms with E-state index in [4.69, 9.17) is 9.84 Å². The summed E-state index contributed by atoms with van der Waals surface area (Å²) in [4.78, 5) is 22.5. The number of rotatable bonds is 9. The molecular weight excluding hydrogens is 236 g/mol. The number of hydrogen-bond acceptors (Lipinski definition) is 3. The first-order valence-electron chi connectivity index (χ1n) is 6.38. The first-order chi connectivity index (χ1) is 8.51. The Hall–Kier alpha value is -1.30. The van der Waals surface area contributed by atoms with Gasteiger partial charge in [0.1, 0.15) is 6.04 Å². The molecule has 0 spiro atoms. The first-order valence-corrected chi connectivity index (χ1v) is 6.38. The van der Waals surface area contributed by atoms with Gasteiger partial charge in [0, 0.05) is 6.61 Å². The molecule has 2 amide bonds. The fraction of sp³-hybridized carbons (Fsp3) is 0.833. The van der Waals surface area contributed by atoms with Crippen LogP contribution in [-0.4, -0.2) is 42.4 Å².